The molecule has 0 saturated carbocycles. The summed E-state index contributed by atoms with van der Waals surface area (Å²) in [4.78, 5) is 30.9. The Morgan fingerprint density at radius 3 is 2.77 bits per heavy atom. The predicted molar refractivity (Wildman–Crippen MR) is 122 cm³/mol. The van der Waals surface area contributed by atoms with Crippen LogP contribution < -0.4 is 15.5 Å². The molecule has 2 amide bonds. The Bertz CT molecular complexity index is 1030. The fourth-order valence-electron chi connectivity index (χ4n) is 3.03. The van der Waals surface area contributed by atoms with Crippen LogP contribution in [-0.2, 0) is 11.2 Å². The van der Waals surface area contributed by atoms with Crippen molar-refractivity contribution < 1.29 is 14.0 Å². The fourth-order valence-corrected chi connectivity index (χ4v) is 4.94. The molecule has 1 aromatic carbocycles. The van der Waals surface area contributed by atoms with E-state index in [9.17, 15) is 9.59 Å². The van der Waals surface area contributed by atoms with Crippen LogP contribution in [0.2, 0.25) is 5.02 Å². The minimum atomic E-state index is -0.382. The van der Waals surface area contributed by atoms with Gasteiger partial charge >= 0.3 is 0 Å². The molecule has 1 fully saturated rings. The Morgan fingerprint density at radius 2 is 2.03 bits per heavy atom. The molecule has 0 atom stereocenters. The zero-order valence-electron chi connectivity index (χ0n) is 15.9. The lowest BCUT2D eigenvalue weighted by molar-refractivity contribution is -0.115. The van der Waals surface area contributed by atoms with Gasteiger partial charge in [0.2, 0.25) is 5.91 Å². The van der Waals surface area contributed by atoms with Crippen LogP contribution in [0.15, 0.2) is 46.4 Å². The van der Waals surface area contributed by atoms with Gasteiger partial charge in [0.15, 0.2) is 10.9 Å². The Balaban J connectivity index is 1.33. The standard InChI is InChI=1S/C20H19ClN4O3S2/c21-15-10-13(3-4-16(15)25-5-8-29-9-6-25)22-18(26)11-14-12-30-20(23-14)24-19(27)17-2-1-7-28-17/h1-4,7,10,12H,5-6,8-9,11H2,(H,22,26)(H,23,24,27). The van der Waals surface area contributed by atoms with Gasteiger partial charge in [-0.1, -0.05) is 11.6 Å². The van der Waals surface area contributed by atoms with Crippen LogP contribution in [0.1, 0.15) is 16.2 Å². The number of hydrogen-bond acceptors (Lipinski definition) is 7. The van der Waals surface area contributed by atoms with Gasteiger partial charge in [0.05, 0.1) is 29.1 Å². The van der Waals surface area contributed by atoms with Crippen LogP contribution in [-0.4, -0.2) is 41.4 Å². The number of anilines is 3. The van der Waals surface area contributed by atoms with Gasteiger partial charge in [-0.3, -0.25) is 14.9 Å². The number of thiazole rings is 1. The smallest absolute Gasteiger partial charge is 0.293 e. The fraction of sp³-hybridized carbons (Fsp3) is 0.250. The SMILES string of the molecule is O=C(Cc1csc(NC(=O)c2ccco2)n1)Nc1ccc(N2CCSCC2)c(Cl)c1. The van der Waals surface area contributed by atoms with Gasteiger partial charge in [-0.15, -0.1) is 11.3 Å². The summed E-state index contributed by atoms with van der Waals surface area (Å²) in [5.74, 6) is 1.79. The van der Waals surface area contributed by atoms with E-state index in [1.54, 1.807) is 23.6 Å². The number of carbonyl (C=O) groups is 2. The van der Waals surface area contributed by atoms with Crippen molar-refractivity contribution in [3.8, 4) is 0 Å². The van der Waals surface area contributed by atoms with Gasteiger partial charge in [-0.25, -0.2) is 4.98 Å². The second-order valence-corrected chi connectivity index (χ2v) is 9.06. The lowest BCUT2D eigenvalue weighted by Gasteiger charge is -2.29. The molecule has 2 N–H and O–H groups in total. The number of benzene rings is 1. The maximum absolute atomic E-state index is 12.4. The van der Waals surface area contributed by atoms with E-state index >= 15 is 0 Å². The van der Waals surface area contributed by atoms with Gasteiger partial charge in [0.1, 0.15) is 0 Å². The summed E-state index contributed by atoms with van der Waals surface area (Å²) in [6.07, 6.45) is 1.52. The molecule has 4 rings (SSSR count). The Morgan fingerprint density at radius 1 is 1.20 bits per heavy atom. The highest BCUT2D eigenvalue weighted by molar-refractivity contribution is 7.99. The molecule has 1 saturated heterocycles. The number of nitrogens with one attached hydrogen (secondary N) is 2. The van der Waals surface area contributed by atoms with Crippen LogP contribution in [0, 0.1) is 0 Å². The molecule has 0 aliphatic carbocycles. The van der Waals surface area contributed by atoms with Crippen LogP contribution in [0.5, 0.6) is 0 Å². The van der Waals surface area contributed by atoms with E-state index in [1.807, 2.05) is 23.9 Å². The van der Waals surface area contributed by atoms with E-state index in [-0.39, 0.29) is 24.0 Å². The number of rotatable bonds is 6. The zero-order chi connectivity index (χ0) is 20.9. The summed E-state index contributed by atoms with van der Waals surface area (Å²) >= 11 is 9.63. The van der Waals surface area contributed by atoms with Crippen molar-refractivity contribution in [1.82, 2.24) is 4.98 Å². The number of nitrogens with zero attached hydrogens (tertiary/aromatic N) is 2. The summed E-state index contributed by atoms with van der Waals surface area (Å²) in [6.45, 7) is 1.94. The molecule has 0 radical (unpaired) electrons. The topological polar surface area (TPSA) is 87.5 Å². The minimum absolute atomic E-state index is 0.0931. The van der Waals surface area contributed by atoms with E-state index < -0.39 is 0 Å². The number of carbonyl (C=O) groups excluding carboxylic acids is 2. The second kappa shape index (κ2) is 9.55. The van der Waals surface area contributed by atoms with Crippen molar-refractivity contribution in [3.05, 3.63) is 58.5 Å². The molecule has 1 aliphatic rings. The first kappa shape index (κ1) is 20.8. The Kier molecular flexibility index (Phi) is 6.61. The molecule has 156 valence electrons. The molecule has 2 aromatic heterocycles. The normalized spacial score (nSPS) is 13.8. The second-order valence-electron chi connectivity index (χ2n) is 6.57. The maximum atomic E-state index is 12.4. The van der Waals surface area contributed by atoms with Crippen molar-refractivity contribution in [3.63, 3.8) is 0 Å². The van der Waals surface area contributed by atoms with Gasteiger partial charge in [0.25, 0.3) is 5.91 Å². The van der Waals surface area contributed by atoms with E-state index in [0.29, 0.717) is 21.5 Å². The third-order valence-corrected chi connectivity index (χ3v) is 6.49. The van der Waals surface area contributed by atoms with E-state index in [2.05, 4.69) is 20.5 Å². The number of aromatic nitrogens is 1. The first-order chi connectivity index (χ1) is 14.6. The number of halogens is 1. The Hall–Kier alpha value is -2.49. The highest BCUT2D eigenvalue weighted by Crippen LogP contribution is 2.30. The molecule has 0 spiro atoms. The molecule has 30 heavy (non-hydrogen) atoms. The largest absolute Gasteiger partial charge is 0.459 e. The van der Waals surface area contributed by atoms with Crippen LogP contribution in [0.25, 0.3) is 0 Å². The van der Waals surface area contributed by atoms with Crippen LogP contribution in [0.4, 0.5) is 16.5 Å². The summed E-state index contributed by atoms with van der Waals surface area (Å²) in [7, 11) is 0. The predicted octanol–water partition coefficient (Wildman–Crippen LogP) is 4.38. The van der Waals surface area contributed by atoms with E-state index in [4.69, 9.17) is 16.0 Å². The number of furan rings is 1. The number of thioether (sulfide) groups is 1. The average molecular weight is 463 g/mol. The number of amides is 2. The zero-order valence-corrected chi connectivity index (χ0v) is 18.3. The molecule has 1 aliphatic heterocycles. The van der Waals surface area contributed by atoms with Crippen molar-refractivity contribution in [2.45, 2.75) is 6.42 Å². The summed E-state index contributed by atoms with van der Waals surface area (Å²) < 4.78 is 5.05. The first-order valence-corrected chi connectivity index (χ1v) is 11.7. The molecule has 7 nitrogen and oxygen atoms in total. The summed E-state index contributed by atoms with van der Waals surface area (Å²) in [6, 6.07) is 8.78. The lowest BCUT2D eigenvalue weighted by Crippen LogP contribution is -2.32. The quantitative estimate of drug-likeness (QED) is 0.565. The monoisotopic (exact) mass is 462 g/mol. The maximum Gasteiger partial charge on any atom is 0.293 e. The van der Waals surface area contributed by atoms with E-state index in [0.717, 1.165) is 30.3 Å². The molecule has 3 aromatic rings. The molecule has 0 bridgehead atoms. The van der Waals surface area contributed by atoms with Gasteiger partial charge in [0, 0.05) is 35.7 Å². The van der Waals surface area contributed by atoms with Gasteiger partial charge < -0.3 is 14.6 Å². The molecule has 3 heterocycles. The number of hydrogen-bond donors (Lipinski definition) is 2. The van der Waals surface area contributed by atoms with Crippen molar-refractivity contribution >= 4 is 63.0 Å². The van der Waals surface area contributed by atoms with E-state index in [1.165, 1.54) is 17.6 Å². The van der Waals surface area contributed by atoms with Gasteiger partial charge in [-0.05, 0) is 30.3 Å². The lowest BCUT2D eigenvalue weighted by atomic mass is 10.2. The highest BCUT2D eigenvalue weighted by Gasteiger charge is 2.16. The summed E-state index contributed by atoms with van der Waals surface area (Å²) in [5, 5.41) is 8.27. The minimum Gasteiger partial charge on any atom is -0.459 e. The summed E-state index contributed by atoms with van der Waals surface area (Å²) in [5.41, 5.74) is 2.20. The molecule has 0 unspecified atom stereocenters. The highest BCUT2D eigenvalue weighted by atomic mass is 35.5. The molecular weight excluding hydrogens is 444 g/mol. The molecular formula is C20H19ClN4O3S2. The Labute approximate surface area is 186 Å². The average Bonchev–Trinajstić information content (AvgIpc) is 3.41. The third-order valence-electron chi connectivity index (χ3n) is 4.44. The third kappa shape index (κ3) is 5.16. The van der Waals surface area contributed by atoms with Crippen molar-refractivity contribution in [2.75, 3.05) is 40.1 Å². The van der Waals surface area contributed by atoms with Crippen LogP contribution >= 0.6 is 34.7 Å². The molecule has 10 heteroatoms. The first-order valence-electron chi connectivity index (χ1n) is 9.30. The van der Waals surface area contributed by atoms with Crippen molar-refractivity contribution in [1.29, 1.82) is 0 Å². The van der Waals surface area contributed by atoms with Crippen molar-refractivity contribution in [2.24, 2.45) is 0 Å². The van der Waals surface area contributed by atoms with Gasteiger partial charge in [-0.2, -0.15) is 11.8 Å². The van der Waals surface area contributed by atoms with Crippen LogP contribution in [0.3, 0.4) is 0 Å².